The summed E-state index contributed by atoms with van der Waals surface area (Å²) in [5.41, 5.74) is 2.58. The summed E-state index contributed by atoms with van der Waals surface area (Å²) in [5, 5.41) is 6.71. The minimum absolute atomic E-state index is 0.127. The van der Waals surface area contributed by atoms with Gasteiger partial charge in [-0.05, 0) is 42.3 Å². The van der Waals surface area contributed by atoms with E-state index in [9.17, 15) is 4.79 Å². The highest BCUT2D eigenvalue weighted by Gasteiger charge is 2.06. The maximum absolute atomic E-state index is 12.2. The standard InChI is InChI=1S/C20H18ClN3O/c21-17-7-4-8-18(13-17)24-19-10-9-16(14-23-19)20(25)22-12-11-15-5-2-1-3-6-15/h1-10,13-14H,11-12H2,(H,22,25)(H,23,24). The number of benzene rings is 2. The Bertz CT molecular complexity index is 835. The maximum atomic E-state index is 12.2. The van der Waals surface area contributed by atoms with Gasteiger partial charge in [0.15, 0.2) is 0 Å². The van der Waals surface area contributed by atoms with Crippen molar-refractivity contribution in [3.8, 4) is 0 Å². The summed E-state index contributed by atoms with van der Waals surface area (Å²) in [7, 11) is 0. The van der Waals surface area contributed by atoms with Gasteiger partial charge in [-0.15, -0.1) is 0 Å². The highest BCUT2D eigenvalue weighted by molar-refractivity contribution is 6.30. The first-order valence-electron chi connectivity index (χ1n) is 8.01. The summed E-state index contributed by atoms with van der Waals surface area (Å²) < 4.78 is 0. The molecule has 3 rings (SSSR count). The fourth-order valence-corrected chi connectivity index (χ4v) is 2.57. The summed E-state index contributed by atoms with van der Waals surface area (Å²) in [6.45, 7) is 0.589. The summed E-state index contributed by atoms with van der Waals surface area (Å²) >= 11 is 5.96. The van der Waals surface area contributed by atoms with Gasteiger partial charge in [-0.1, -0.05) is 48.0 Å². The van der Waals surface area contributed by atoms with Gasteiger partial charge < -0.3 is 10.6 Å². The number of rotatable bonds is 6. The summed E-state index contributed by atoms with van der Waals surface area (Å²) in [6, 6.07) is 21.0. The predicted octanol–water partition coefficient (Wildman–Crippen LogP) is 4.45. The number of hydrogen-bond donors (Lipinski definition) is 2. The molecule has 25 heavy (non-hydrogen) atoms. The molecule has 0 spiro atoms. The molecule has 0 radical (unpaired) electrons. The van der Waals surface area contributed by atoms with Crippen LogP contribution in [0.1, 0.15) is 15.9 Å². The Balaban J connectivity index is 1.53. The topological polar surface area (TPSA) is 54.0 Å². The van der Waals surface area contributed by atoms with Crippen LogP contribution in [-0.4, -0.2) is 17.4 Å². The second kappa shape index (κ2) is 8.31. The zero-order chi connectivity index (χ0) is 17.5. The third-order valence-electron chi connectivity index (χ3n) is 3.66. The van der Waals surface area contributed by atoms with Crippen LogP contribution >= 0.6 is 11.6 Å². The van der Waals surface area contributed by atoms with E-state index in [1.165, 1.54) is 5.56 Å². The molecule has 126 valence electrons. The first-order chi connectivity index (χ1) is 12.2. The van der Waals surface area contributed by atoms with Gasteiger partial charge in [-0.2, -0.15) is 0 Å². The molecule has 0 aliphatic rings. The predicted molar refractivity (Wildman–Crippen MR) is 101 cm³/mol. The Kier molecular flexibility index (Phi) is 5.65. The molecule has 0 bridgehead atoms. The number of nitrogens with zero attached hydrogens (tertiary/aromatic N) is 1. The number of pyridine rings is 1. The van der Waals surface area contributed by atoms with Crippen molar-refractivity contribution in [2.45, 2.75) is 6.42 Å². The molecule has 4 nitrogen and oxygen atoms in total. The van der Waals surface area contributed by atoms with E-state index >= 15 is 0 Å². The number of anilines is 2. The number of carbonyl (C=O) groups is 1. The third-order valence-corrected chi connectivity index (χ3v) is 3.90. The fourth-order valence-electron chi connectivity index (χ4n) is 2.38. The molecule has 0 atom stereocenters. The molecule has 1 aromatic heterocycles. The highest BCUT2D eigenvalue weighted by atomic mass is 35.5. The largest absolute Gasteiger partial charge is 0.352 e. The first kappa shape index (κ1) is 17.0. The Labute approximate surface area is 151 Å². The molecule has 1 amide bonds. The molecule has 2 aromatic carbocycles. The van der Waals surface area contributed by atoms with Crippen LogP contribution in [0.2, 0.25) is 5.02 Å². The van der Waals surface area contributed by atoms with Gasteiger partial charge >= 0.3 is 0 Å². The van der Waals surface area contributed by atoms with Crippen LogP contribution in [0, 0.1) is 0 Å². The minimum Gasteiger partial charge on any atom is -0.352 e. The van der Waals surface area contributed by atoms with Crippen molar-refractivity contribution in [2.75, 3.05) is 11.9 Å². The van der Waals surface area contributed by atoms with Crippen molar-refractivity contribution in [3.05, 3.63) is 89.1 Å². The van der Waals surface area contributed by atoms with E-state index < -0.39 is 0 Å². The molecule has 3 aromatic rings. The van der Waals surface area contributed by atoms with E-state index in [-0.39, 0.29) is 5.91 Å². The third kappa shape index (κ3) is 5.06. The quantitative estimate of drug-likeness (QED) is 0.689. The second-order valence-electron chi connectivity index (χ2n) is 5.56. The molecule has 5 heteroatoms. The Hall–Kier alpha value is -2.85. The van der Waals surface area contributed by atoms with Gasteiger partial charge in [0.05, 0.1) is 5.56 Å². The first-order valence-corrected chi connectivity index (χ1v) is 8.39. The van der Waals surface area contributed by atoms with Crippen molar-refractivity contribution in [1.82, 2.24) is 10.3 Å². The molecule has 0 aliphatic carbocycles. The molecule has 1 heterocycles. The molecule has 0 fully saturated rings. The van der Waals surface area contributed by atoms with E-state index in [4.69, 9.17) is 11.6 Å². The summed E-state index contributed by atoms with van der Waals surface area (Å²) in [6.07, 6.45) is 2.36. The lowest BCUT2D eigenvalue weighted by atomic mass is 10.1. The number of hydrogen-bond acceptors (Lipinski definition) is 3. The number of aromatic nitrogens is 1. The van der Waals surface area contributed by atoms with Crippen LogP contribution in [0.25, 0.3) is 0 Å². The average Bonchev–Trinajstić information content (AvgIpc) is 2.63. The van der Waals surface area contributed by atoms with Gasteiger partial charge in [0.2, 0.25) is 0 Å². The van der Waals surface area contributed by atoms with Crippen LogP contribution in [-0.2, 0) is 6.42 Å². The van der Waals surface area contributed by atoms with Gasteiger partial charge in [0, 0.05) is 23.5 Å². The van der Waals surface area contributed by atoms with Crippen LogP contribution < -0.4 is 10.6 Å². The van der Waals surface area contributed by atoms with Crippen molar-refractivity contribution in [2.24, 2.45) is 0 Å². The number of halogens is 1. The molecule has 0 unspecified atom stereocenters. The molecule has 0 saturated heterocycles. The average molecular weight is 352 g/mol. The van der Waals surface area contributed by atoms with Gasteiger partial charge in [-0.25, -0.2) is 4.98 Å². The zero-order valence-corrected chi connectivity index (χ0v) is 14.3. The van der Waals surface area contributed by atoms with Gasteiger partial charge in [0.1, 0.15) is 5.82 Å². The lowest BCUT2D eigenvalue weighted by Crippen LogP contribution is -2.25. The zero-order valence-electron chi connectivity index (χ0n) is 13.6. The molecule has 0 saturated carbocycles. The Morgan fingerprint density at radius 2 is 1.84 bits per heavy atom. The van der Waals surface area contributed by atoms with Crippen LogP contribution in [0.3, 0.4) is 0 Å². The smallest absolute Gasteiger partial charge is 0.252 e. The monoisotopic (exact) mass is 351 g/mol. The normalized spacial score (nSPS) is 10.3. The van der Waals surface area contributed by atoms with Crippen LogP contribution in [0.15, 0.2) is 72.9 Å². The molecular formula is C20H18ClN3O. The van der Waals surface area contributed by atoms with Gasteiger partial charge in [-0.3, -0.25) is 4.79 Å². The maximum Gasteiger partial charge on any atom is 0.252 e. The van der Waals surface area contributed by atoms with Crippen molar-refractivity contribution >= 4 is 29.0 Å². The van der Waals surface area contributed by atoms with Crippen LogP contribution in [0.5, 0.6) is 0 Å². The van der Waals surface area contributed by atoms with Crippen molar-refractivity contribution < 1.29 is 4.79 Å². The fraction of sp³-hybridized carbons (Fsp3) is 0.100. The van der Waals surface area contributed by atoms with E-state index in [0.717, 1.165) is 12.1 Å². The number of carbonyl (C=O) groups excluding carboxylic acids is 1. The minimum atomic E-state index is -0.127. The van der Waals surface area contributed by atoms with Gasteiger partial charge in [0.25, 0.3) is 5.91 Å². The van der Waals surface area contributed by atoms with Crippen molar-refractivity contribution in [3.63, 3.8) is 0 Å². The highest BCUT2D eigenvalue weighted by Crippen LogP contribution is 2.18. The van der Waals surface area contributed by atoms with Crippen molar-refractivity contribution in [1.29, 1.82) is 0 Å². The van der Waals surface area contributed by atoms with E-state index in [0.29, 0.717) is 22.9 Å². The summed E-state index contributed by atoms with van der Waals surface area (Å²) in [4.78, 5) is 16.4. The summed E-state index contributed by atoms with van der Waals surface area (Å²) in [5.74, 6) is 0.529. The van der Waals surface area contributed by atoms with Crippen LogP contribution in [0.4, 0.5) is 11.5 Å². The number of nitrogens with one attached hydrogen (secondary N) is 2. The lowest BCUT2D eigenvalue weighted by Gasteiger charge is -2.08. The molecule has 2 N–H and O–H groups in total. The second-order valence-corrected chi connectivity index (χ2v) is 6.00. The lowest BCUT2D eigenvalue weighted by molar-refractivity contribution is 0.0954. The van der Waals surface area contributed by atoms with E-state index in [2.05, 4.69) is 15.6 Å². The Morgan fingerprint density at radius 3 is 2.56 bits per heavy atom. The Morgan fingerprint density at radius 1 is 1.00 bits per heavy atom. The van der Waals surface area contributed by atoms with E-state index in [1.807, 2.05) is 54.6 Å². The SMILES string of the molecule is O=C(NCCc1ccccc1)c1ccc(Nc2cccc(Cl)c2)nc1. The van der Waals surface area contributed by atoms with E-state index in [1.54, 1.807) is 18.3 Å². The molecule has 0 aliphatic heterocycles. The number of amides is 1. The molecular weight excluding hydrogens is 334 g/mol.